The zero-order chi connectivity index (χ0) is 11.8. The molecule has 0 saturated heterocycles. The van der Waals surface area contributed by atoms with Crippen LogP contribution in [0.5, 0.6) is 0 Å². The SMILES string of the molecule is COC(CN=NC=NN)c1ccccc1Cl. The highest BCUT2D eigenvalue weighted by Crippen LogP contribution is 2.25. The summed E-state index contributed by atoms with van der Waals surface area (Å²) in [6, 6.07) is 7.46. The van der Waals surface area contributed by atoms with Crippen LogP contribution in [0.25, 0.3) is 0 Å². The van der Waals surface area contributed by atoms with Crippen LogP contribution in [-0.2, 0) is 4.74 Å². The Morgan fingerprint density at radius 1 is 1.50 bits per heavy atom. The number of nitrogens with zero attached hydrogens (tertiary/aromatic N) is 3. The summed E-state index contributed by atoms with van der Waals surface area (Å²) >= 11 is 6.04. The van der Waals surface area contributed by atoms with Gasteiger partial charge in [-0.15, -0.1) is 5.11 Å². The molecule has 0 saturated carbocycles. The lowest BCUT2D eigenvalue weighted by Crippen LogP contribution is -2.05. The number of hydrogen-bond donors (Lipinski definition) is 1. The molecule has 0 spiro atoms. The van der Waals surface area contributed by atoms with Gasteiger partial charge in [0.15, 0.2) is 6.34 Å². The number of methoxy groups -OCH3 is 1. The molecule has 0 bridgehead atoms. The molecule has 0 aliphatic heterocycles. The highest BCUT2D eigenvalue weighted by atomic mass is 35.5. The van der Waals surface area contributed by atoms with Crippen LogP contribution in [0.2, 0.25) is 5.02 Å². The lowest BCUT2D eigenvalue weighted by molar-refractivity contribution is 0.110. The summed E-state index contributed by atoms with van der Waals surface area (Å²) in [6.45, 7) is 0.367. The molecule has 1 unspecified atom stereocenters. The van der Waals surface area contributed by atoms with E-state index in [4.69, 9.17) is 22.2 Å². The van der Waals surface area contributed by atoms with Crippen molar-refractivity contribution >= 4 is 17.9 Å². The zero-order valence-electron chi connectivity index (χ0n) is 8.88. The first kappa shape index (κ1) is 12.6. The third-order valence-corrected chi connectivity index (χ3v) is 2.33. The van der Waals surface area contributed by atoms with Crippen molar-refractivity contribution in [1.29, 1.82) is 0 Å². The third kappa shape index (κ3) is 3.60. The molecule has 0 aliphatic rings. The van der Waals surface area contributed by atoms with Crippen molar-refractivity contribution in [2.24, 2.45) is 21.2 Å². The molecule has 0 fully saturated rings. The number of nitrogens with two attached hydrogens (primary N) is 1. The molecule has 0 heterocycles. The molecule has 16 heavy (non-hydrogen) atoms. The number of azo groups is 1. The fourth-order valence-electron chi connectivity index (χ4n) is 1.22. The Morgan fingerprint density at radius 2 is 2.25 bits per heavy atom. The maximum absolute atomic E-state index is 6.04. The van der Waals surface area contributed by atoms with Crippen LogP contribution < -0.4 is 5.84 Å². The van der Waals surface area contributed by atoms with E-state index >= 15 is 0 Å². The first-order chi connectivity index (χ1) is 7.79. The number of halogens is 1. The van der Waals surface area contributed by atoms with Gasteiger partial charge in [-0.3, -0.25) is 0 Å². The summed E-state index contributed by atoms with van der Waals surface area (Å²) in [4.78, 5) is 0. The predicted molar refractivity (Wildman–Crippen MR) is 63.6 cm³/mol. The summed E-state index contributed by atoms with van der Waals surface area (Å²) in [7, 11) is 1.60. The number of benzene rings is 1. The Labute approximate surface area is 99.0 Å². The monoisotopic (exact) mass is 240 g/mol. The van der Waals surface area contributed by atoms with Crippen LogP contribution in [0.15, 0.2) is 39.6 Å². The van der Waals surface area contributed by atoms with E-state index in [2.05, 4.69) is 15.3 Å². The van der Waals surface area contributed by atoms with Gasteiger partial charge < -0.3 is 10.6 Å². The fourth-order valence-corrected chi connectivity index (χ4v) is 1.48. The number of hydrogen-bond acceptors (Lipinski definition) is 4. The van der Waals surface area contributed by atoms with Crippen LogP contribution >= 0.6 is 11.6 Å². The Bertz CT molecular complexity index is 381. The quantitative estimate of drug-likeness (QED) is 0.282. The molecule has 86 valence electrons. The summed E-state index contributed by atoms with van der Waals surface area (Å²) in [5.74, 6) is 4.88. The van der Waals surface area contributed by atoms with Gasteiger partial charge in [0.2, 0.25) is 0 Å². The van der Waals surface area contributed by atoms with Gasteiger partial charge in [0, 0.05) is 17.7 Å². The molecular weight excluding hydrogens is 228 g/mol. The van der Waals surface area contributed by atoms with Crippen LogP contribution in [0.4, 0.5) is 0 Å². The van der Waals surface area contributed by atoms with E-state index in [1.807, 2.05) is 18.2 Å². The second-order valence-corrected chi connectivity index (χ2v) is 3.36. The fraction of sp³-hybridized carbons (Fsp3) is 0.300. The Kier molecular flexibility index (Phi) is 5.45. The van der Waals surface area contributed by atoms with Crippen LogP contribution in [0, 0.1) is 0 Å². The molecular formula is C10H13ClN4O. The van der Waals surface area contributed by atoms with Crippen molar-refractivity contribution in [3.8, 4) is 0 Å². The van der Waals surface area contributed by atoms with Gasteiger partial charge in [-0.1, -0.05) is 29.8 Å². The zero-order valence-corrected chi connectivity index (χ0v) is 9.63. The van der Waals surface area contributed by atoms with Gasteiger partial charge >= 0.3 is 0 Å². The molecule has 0 amide bonds. The minimum Gasteiger partial charge on any atom is -0.375 e. The number of hydrazone groups is 1. The maximum atomic E-state index is 6.04. The predicted octanol–water partition coefficient (Wildman–Crippen LogP) is 2.38. The normalized spacial score (nSPS) is 13.6. The smallest absolute Gasteiger partial charge is 0.157 e. The van der Waals surface area contributed by atoms with E-state index in [1.54, 1.807) is 13.2 Å². The third-order valence-electron chi connectivity index (χ3n) is 1.98. The van der Waals surface area contributed by atoms with Crippen molar-refractivity contribution < 1.29 is 4.74 Å². The molecule has 2 N–H and O–H groups in total. The average Bonchev–Trinajstić information content (AvgIpc) is 2.31. The van der Waals surface area contributed by atoms with E-state index in [9.17, 15) is 0 Å². The van der Waals surface area contributed by atoms with Crippen LogP contribution in [0.1, 0.15) is 11.7 Å². The largest absolute Gasteiger partial charge is 0.375 e. The minimum absolute atomic E-state index is 0.219. The van der Waals surface area contributed by atoms with E-state index in [0.717, 1.165) is 5.56 Å². The second kappa shape index (κ2) is 6.92. The van der Waals surface area contributed by atoms with Gasteiger partial charge in [0.1, 0.15) is 6.10 Å². The van der Waals surface area contributed by atoms with Crippen LogP contribution in [-0.4, -0.2) is 20.0 Å². The molecule has 0 radical (unpaired) electrons. The van der Waals surface area contributed by atoms with Gasteiger partial charge in [0.25, 0.3) is 0 Å². The first-order valence-electron chi connectivity index (χ1n) is 4.65. The summed E-state index contributed by atoms with van der Waals surface area (Å²) in [6.07, 6.45) is 0.947. The van der Waals surface area contributed by atoms with Crippen molar-refractivity contribution in [3.63, 3.8) is 0 Å². The standard InChI is InChI=1S/C10H13ClN4O/c1-16-10(6-14-15-7-13-12)8-4-2-3-5-9(8)11/h2-5,7,10H,6,12H2,1H3. The maximum Gasteiger partial charge on any atom is 0.157 e. The van der Waals surface area contributed by atoms with Crippen molar-refractivity contribution in [2.45, 2.75) is 6.10 Å². The van der Waals surface area contributed by atoms with Crippen molar-refractivity contribution in [2.75, 3.05) is 13.7 Å². The number of ether oxygens (including phenoxy) is 1. The van der Waals surface area contributed by atoms with Gasteiger partial charge in [0.05, 0.1) is 6.54 Å². The Hall–Kier alpha value is -1.46. The van der Waals surface area contributed by atoms with Gasteiger partial charge in [-0.05, 0) is 6.07 Å². The lowest BCUT2D eigenvalue weighted by atomic mass is 10.1. The summed E-state index contributed by atoms with van der Waals surface area (Å²) in [5, 5.41) is 11.3. The molecule has 1 aromatic rings. The van der Waals surface area contributed by atoms with Gasteiger partial charge in [-0.2, -0.15) is 10.2 Å². The highest BCUT2D eigenvalue weighted by Gasteiger charge is 2.12. The molecule has 1 atom stereocenters. The second-order valence-electron chi connectivity index (χ2n) is 2.95. The first-order valence-corrected chi connectivity index (χ1v) is 5.03. The average molecular weight is 241 g/mol. The van der Waals surface area contributed by atoms with Crippen LogP contribution in [0.3, 0.4) is 0 Å². The van der Waals surface area contributed by atoms with Gasteiger partial charge in [-0.25, -0.2) is 0 Å². The van der Waals surface area contributed by atoms with E-state index in [0.29, 0.717) is 11.6 Å². The molecule has 0 aromatic heterocycles. The molecule has 1 aromatic carbocycles. The molecule has 0 aliphatic carbocycles. The summed E-state index contributed by atoms with van der Waals surface area (Å²) < 4.78 is 5.28. The lowest BCUT2D eigenvalue weighted by Gasteiger charge is -2.13. The minimum atomic E-state index is -0.219. The highest BCUT2D eigenvalue weighted by molar-refractivity contribution is 6.31. The van der Waals surface area contributed by atoms with E-state index in [-0.39, 0.29) is 6.10 Å². The van der Waals surface area contributed by atoms with E-state index in [1.165, 1.54) is 6.34 Å². The Balaban J connectivity index is 2.71. The van der Waals surface area contributed by atoms with E-state index < -0.39 is 0 Å². The number of rotatable bonds is 5. The summed E-state index contributed by atoms with van der Waals surface area (Å²) in [5.41, 5.74) is 0.885. The van der Waals surface area contributed by atoms with Crippen molar-refractivity contribution in [1.82, 2.24) is 0 Å². The van der Waals surface area contributed by atoms with Crippen molar-refractivity contribution in [3.05, 3.63) is 34.9 Å². The Morgan fingerprint density at radius 3 is 2.88 bits per heavy atom. The topological polar surface area (TPSA) is 72.3 Å². The molecule has 1 rings (SSSR count). The molecule has 5 nitrogen and oxygen atoms in total. The molecule has 6 heteroatoms.